The van der Waals surface area contributed by atoms with E-state index in [1.165, 1.54) is 22.6 Å². The van der Waals surface area contributed by atoms with Gasteiger partial charge >= 0.3 is 6.03 Å². The van der Waals surface area contributed by atoms with Gasteiger partial charge in [0.15, 0.2) is 5.65 Å². The quantitative estimate of drug-likeness (QED) is 0.302. The molecule has 2 amide bonds. The van der Waals surface area contributed by atoms with Gasteiger partial charge < -0.3 is 5.32 Å². The molecule has 0 bridgehead atoms. The second-order valence-corrected chi connectivity index (χ2v) is 5.91. The van der Waals surface area contributed by atoms with Crippen LogP contribution in [0.4, 0.5) is 16.2 Å². The van der Waals surface area contributed by atoms with Crippen LogP contribution in [0.3, 0.4) is 0 Å². The summed E-state index contributed by atoms with van der Waals surface area (Å²) < 4.78 is 1.17. The summed E-state index contributed by atoms with van der Waals surface area (Å²) in [5.41, 5.74) is 2.55. The third-order valence-electron chi connectivity index (χ3n) is 3.56. The number of carbonyl (C=O) groups excluding carboxylic acids is 1. The van der Waals surface area contributed by atoms with Crippen molar-refractivity contribution in [2.45, 2.75) is 0 Å². The monoisotopic (exact) mass is 382 g/mol. The number of hydrogen-bond acceptors (Lipinski definition) is 7. The average Bonchev–Trinajstić information content (AvgIpc) is 2.67. The molecule has 136 valence electrons. The summed E-state index contributed by atoms with van der Waals surface area (Å²) in [7, 11) is 0. The number of non-ortho nitro benzene ring substituents is 1. The largest absolute Gasteiger partial charge is 0.331 e. The minimum Gasteiger partial charge on any atom is -0.306 e. The molecule has 0 atom stereocenters. The first-order valence-electron chi connectivity index (χ1n) is 7.74. The molecule has 0 aliphatic heterocycles. The first kappa shape index (κ1) is 18.3. The standard InChI is InChI=1S/C17H14N6O3S/c1-2-7-22(27)17(24)20-12-8-14-16(19-9-12)21-15(10-18-14)11-3-5-13(6-4-11)23(25)26/h2-6,8-10,27H,1,7H2,(H,20,24). The van der Waals surface area contributed by atoms with Crippen LogP contribution in [0.2, 0.25) is 0 Å². The highest BCUT2D eigenvalue weighted by Gasteiger charge is 2.11. The van der Waals surface area contributed by atoms with Crippen LogP contribution in [0.5, 0.6) is 0 Å². The zero-order chi connectivity index (χ0) is 19.4. The Morgan fingerprint density at radius 2 is 2.04 bits per heavy atom. The number of nitro benzene ring substituents is 1. The molecule has 1 aromatic carbocycles. The van der Waals surface area contributed by atoms with E-state index in [0.29, 0.717) is 28.1 Å². The average molecular weight is 382 g/mol. The van der Waals surface area contributed by atoms with Gasteiger partial charge in [-0.25, -0.2) is 14.8 Å². The van der Waals surface area contributed by atoms with Crippen LogP contribution >= 0.6 is 12.8 Å². The van der Waals surface area contributed by atoms with Crippen molar-refractivity contribution in [3.05, 3.63) is 65.5 Å². The van der Waals surface area contributed by atoms with Gasteiger partial charge in [-0.2, -0.15) is 0 Å². The fourth-order valence-corrected chi connectivity index (χ4v) is 2.42. The number of nitro groups is 1. The number of thiol groups is 1. The van der Waals surface area contributed by atoms with Gasteiger partial charge in [-0.3, -0.25) is 19.4 Å². The van der Waals surface area contributed by atoms with E-state index in [1.807, 2.05) is 0 Å². The Morgan fingerprint density at radius 1 is 1.30 bits per heavy atom. The van der Waals surface area contributed by atoms with Gasteiger partial charge in [-0.05, 0) is 18.2 Å². The maximum atomic E-state index is 11.9. The normalized spacial score (nSPS) is 10.4. The van der Waals surface area contributed by atoms with Crippen LogP contribution in [0.25, 0.3) is 22.4 Å². The van der Waals surface area contributed by atoms with Gasteiger partial charge in [0, 0.05) is 17.7 Å². The number of pyridine rings is 1. The fourth-order valence-electron chi connectivity index (χ4n) is 2.26. The number of benzene rings is 1. The zero-order valence-electron chi connectivity index (χ0n) is 13.9. The van der Waals surface area contributed by atoms with Crippen LogP contribution in [-0.2, 0) is 0 Å². The van der Waals surface area contributed by atoms with Crippen molar-refractivity contribution in [3.63, 3.8) is 0 Å². The Kier molecular flexibility index (Phi) is 5.27. The second kappa shape index (κ2) is 7.79. The minimum atomic E-state index is -0.464. The van der Waals surface area contributed by atoms with Gasteiger partial charge in [0.1, 0.15) is 5.52 Å². The number of anilines is 1. The lowest BCUT2D eigenvalue weighted by molar-refractivity contribution is -0.384. The van der Waals surface area contributed by atoms with E-state index in [0.717, 1.165) is 0 Å². The van der Waals surface area contributed by atoms with E-state index >= 15 is 0 Å². The predicted molar refractivity (Wildman–Crippen MR) is 104 cm³/mol. The summed E-state index contributed by atoms with van der Waals surface area (Å²) >= 11 is 4.04. The van der Waals surface area contributed by atoms with E-state index in [-0.39, 0.29) is 12.2 Å². The Labute approximate surface area is 159 Å². The number of nitrogens with one attached hydrogen (secondary N) is 1. The lowest BCUT2D eigenvalue weighted by Crippen LogP contribution is -2.27. The molecule has 0 aliphatic carbocycles. The maximum absolute atomic E-state index is 11.9. The maximum Gasteiger partial charge on any atom is 0.331 e. The predicted octanol–water partition coefficient (Wildman–Crippen LogP) is 3.46. The second-order valence-electron chi connectivity index (χ2n) is 5.43. The van der Waals surface area contributed by atoms with E-state index < -0.39 is 11.0 Å². The number of rotatable bonds is 5. The molecular weight excluding hydrogens is 368 g/mol. The number of hydrogen-bond donors (Lipinski definition) is 2. The Bertz CT molecular complexity index is 1020. The highest BCUT2D eigenvalue weighted by atomic mass is 32.1. The molecule has 0 fully saturated rings. The SMILES string of the molecule is C=CCN(S)C(=O)Nc1cnc2nc(-c3ccc([N+](=O)[O-])cc3)cnc2c1. The van der Waals surface area contributed by atoms with Gasteiger partial charge in [-0.15, -0.1) is 6.58 Å². The highest BCUT2D eigenvalue weighted by molar-refractivity contribution is 7.78. The van der Waals surface area contributed by atoms with Crippen LogP contribution in [0.1, 0.15) is 0 Å². The Morgan fingerprint density at radius 3 is 2.70 bits per heavy atom. The van der Waals surface area contributed by atoms with Gasteiger partial charge in [-0.1, -0.05) is 18.9 Å². The molecule has 0 saturated carbocycles. The summed E-state index contributed by atoms with van der Waals surface area (Å²) in [5, 5.41) is 13.4. The van der Waals surface area contributed by atoms with E-state index in [1.54, 1.807) is 30.5 Å². The molecule has 3 aromatic rings. The smallest absolute Gasteiger partial charge is 0.306 e. The van der Waals surface area contributed by atoms with Crippen LogP contribution < -0.4 is 5.32 Å². The number of urea groups is 1. The summed E-state index contributed by atoms with van der Waals surface area (Å²) in [6, 6.07) is 7.23. The van der Waals surface area contributed by atoms with Crippen molar-refractivity contribution in [1.29, 1.82) is 0 Å². The molecular formula is C17H14N6O3S. The van der Waals surface area contributed by atoms with Crippen molar-refractivity contribution in [3.8, 4) is 11.3 Å². The number of fused-ring (bicyclic) bond motifs is 1. The molecule has 0 aliphatic rings. The van der Waals surface area contributed by atoms with E-state index in [9.17, 15) is 14.9 Å². The van der Waals surface area contributed by atoms with Crippen molar-refractivity contribution in [2.75, 3.05) is 11.9 Å². The van der Waals surface area contributed by atoms with Crippen molar-refractivity contribution >= 4 is 41.4 Å². The van der Waals surface area contributed by atoms with Crippen LogP contribution in [0.15, 0.2) is 55.4 Å². The number of amides is 2. The molecule has 9 nitrogen and oxygen atoms in total. The van der Waals surface area contributed by atoms with Crippen molar-refractivity contribution < 1.29 is 9.72 Å². The number of carbonyl (C=O) groups is 1. The van der Waals surface area contributed by atoms with E-state index in [4.69, 9.17) is 0 Å². The molecule has 0 spiro atoms. The van der Waals surface area contributed by atoms with Gasteiger partial charge in [0.2, 0.25) is 0 Å². The molecule has 2 aromatic heterocycles. The lowest BCUT2D eigenvalue weighted by atomic mass is 10.1. The van der Waals surface area contributed by atoms with Crippen LogP contribution in [-0.4, -0.2) is 36.8 Å². The molecule has 0 radical (unpaired) electrons. The summed E-state index contributed by atoms with van der Waals surface area (Å²) in [6.07, 6.45) is 4.56. The first-order chi connectivity index (χ1) is 13.0. The fraction of sp³-hybridized carbons (Fsp3) is 0.0588. The third kappa shape index (κ3) is 4.18. The molecule has 0 saturated heterocycles. The summed E-state index contributed by atoms with van der Waals surface area (Å²) in [5.74, 6) is 0. The third-order valence-corrected chi connectivity index (χ3v) is 3.91. The molecule has 27 heavy (non-hydrogen) atoms. The molecule has 1 N–H and O–H groups in total. The minimum absolute atomic E-state index is 0.000643. The Hall–Kier alpha value is -3.53. The number of aromatic nitrogens is 3. The lowest BCUT2D eigenvalue weighted by Gasteiger charge is -2.14. The molecule has 0 unspecified atom stereocenters. The molecule has 10 heteroatoms. The highest BCUT2D eigenvalue weighted by Crippen LogP contribution is 2.22. The van der Waals surface area contributed by atoms with Crippen LogP contribution in [0, 0.1) is 10.1 Å². The summed E-state index contributed by atoms with van der Waals surface area (Å²) in [4.78, 5) is 35.1. The Balaban J connectivity index is 1.83. The van der Waals surface area contributed by atoms with Gasteiger partial charge in [0.05, 0.1) is 35.2 Å². The topological polar surface area (TPSA) is 114 Å². The summed E-state index contributed by atoms with van der Waals surface area (Å²) in [6.45, 7) is 3.83. The molecule has 3 rings (SSSR count). The van der Waals surface area contributed by atoms with Crippen molar-refractivity contribution in [2.24, 2.45) is 0 Å². The zero-order valence-corrected chi connectivity index (χ0v) is 14.8. The van der Waals surface area contributed by atoms with Crippen molar-refractivity contribution in [1.82, 2.24) is 19.3 Å². The molecule has 2 heterocycles. The van der Waals surface area contributed by atoms with Gasteiger partial charge in [0.25, 0.3) is 5.69 Å². The number of nitrogens with zero attached hydrogens (tertiary/aromatic N) is 5. The van der Waals surface area contributed by atoms with E-state index in [2.05, 4.69) is 39.7 Å². The first-order valence-corrected chi connectivity index (χ1v) is 8.14.